The molecule has 1 saturated heterocycles. The van der Waals surface area contributed by atoms with E-state index in [1.165, 1.54) is 12.1 Å². The lowest BCUT2D eigenvalue weighted by molar-refractivity contribution is -0.247. The number of halogens is 6. The Morgan fingerprint density at radius 3 is 1.96 bits per heavy atom. The van der Waals surface area contributed by atoms with Gasteiger partial charge in [0.1, 0.15) is 17.3 Å². The van der Waals surface area contributed by atoms with Crippen LogP contribution in [0, 0.1) is 0 Å². The molecule has 0 spiro atoms. The number of rotatable bonds is 7. The van der Waals surface area contributed by atoms with Gasteiger partial charge in [0.2, 0.25) is 0 Å². The second kappa shape index (κ2) is 7.25. The van der Waals surface area contributed by atoms with E-state index in [0.29, 0.717) is 4.90 Å². The summed E-state index contributed by atoms with van der Waals surface area (Å²) >= 11 is 0. The summed E-state index contributed by atoms with van der Waals surface area (Å²) in [5.41, 5.74) is 0. The van der Waals surface area contributed by atoms with Gasteiger partial charge >= 0.3 is 36.7 Å². The standard InChI is InChI=1S/C13H12F6O6S3/c14-11(15,12(16,17)27(20,21)22)13(18,19)28(23,24)25-9-4-3-5-10(8-9)26-6-1-2-7-26/h3-5,8H,1-2,6-7H2/p+1. The Hall–Kier alpha value is -1.19. The molecule has 0 aliphatic carbocycles. The van der Waals surface area contributed by atoms with Crippen LogP contribution in [-0.4, -0.2) is 49.3 Å². The minimum Gasteiger partial charge on any atom is -0.378 e. The first-order valence-electron chi connectivity index (χ1n) is 7.37. The maximum atomic E-state index is 13.8. The highest BCUT2D eigenvalue weighted by atomic mass is 32.2. The zero-order valence-electron chi connectivity index (χ0n) is 13.6. The van der Waals surface area contributed by atoms with Crippen molar-refractivity contribution in [1.29, 1.82) is 0 Å². The van der Waals surface area contributed by atoms with E-state index in [4.69, 9.17) is 4.55 Å². The molecule has 0 bridgehead atoms. The molecule has 0 saturated carbocycles. The van der Waals surface area contributed by atoms with Crippen LogP contribution in [0.25, 0.3) is 0 Å². The molecule has 1 aromatic rings. The SMILES string of the molecule is O=S(=O)(O)C(F)(F)C(F)(F)C(F)(F)S(=O)(=O)Oc1cccc([S+]2CCCC2)c1. The lowest BCUT2D eigenvalue weighted by Crippen LogP contribution is -2.61. The normalized spacial score (nSPS) is 17.7. The molecule has 6 nitrogen and oxygen atoms in total. The second-order valence-corrected chi connectivity index (χ2v) is 11.0. The Bertz CT molecular complexity index is 941. The fourth-order valence-electron chi connectivity index (χ4n) is 2.26. The summed E-state index contributed by atoms with van der Waals surface area (Å²) in [4.78, 5) is 0.503. The van der Waals surface area contributed by atoms with Crippen LogP contribution in [0.15, 0.2) is 29.2 Å². The predicted molar refractivity (Wildman–Crippen MR) is 87.0 cm³/mol. The molecule has 0 atom stereocenters. The third-order valence-electron chi connectivity index (χ3n) is 3.75. The van der Waals surface area contributed by atoms with Gasteiger partial charge in [0.05, 0.1) is 0 Å². The van der Waals surface area contributed by atoms with Crippen molar-refractivity contribution in [3.63, 3.8) is 0 Å². The predicted octanol–water partition coefficient (Wildman–Crippen LogP) is 2.87. The third kappa shape index (κ3) is 3.80. The number of hydrogen-bond acceptors (Lipinski definition) is 5. The smallest absolute Gasteiger partial charge is 0.378 e. The Labute approximate surface area is 159 Å². The molecule has 1 heterocycles. The van der Waals surface area contributed by atoms with Crippen molar-refractivity contribution in [2.75, 3.05) is 11.5 Å². The summed E-state index contributed by atoms with van der Waals surface area (Å²) in [5.74, 6) is -6.38. The maximum Gasteiger partial charge on any atom is 0.450 e. The summed E-state index contributed by atoms with van der Waals surface area (Å²) in [5, 5.41) is -13.5. The van der Waals surface area contributed by atoms with Crippen LogP contribution in [0.3, 0.4) is 0 Å². The molecule has 1 fully saturated rings. The van der Waals surface area contributed by atoms with Crippen molar-refractivity contribution in [3.8, 4) is 5.75 Å². The maximum absolute atomic E-state index is 13.8. The van der Waals surface area contributed by atoms with Crippen LogP contribution in [0.1, 0.15) is 12.8 Å². The molecule has 2 rings (SSSR count). The van der Waals surface area contributed by atoms with Gasteiger partial charge < -0.3 is 4.18 Å². The Kier molecular flexibility index (Phi) is 5.98. The van der Waals surface area contributed by atoms with E-state index >= 15 is 0 Å². The Morgan fingerprint density at radius 1 is 0.929 bits per heavy atom. The first-order valence-corrected chi connectivity index (χ1v) is 11.8. The number of alkyl halides is 6. The van der Waals surface area contributed by atoms with E-state index in [2.05, 4.69) is 4.18 Å². The molecular weight excluding hydrogens is 462 g/mol. The van der Waals surface area contributed by atoms with Crippen LogP contribution in [0.5, 0.6) is 5.75 Å². The van der Waals surface area contributed by atoms with Crippen molar-refractivity contribution < 1.29 is 51.9 Å². The van der Waals surface area contributed by atoms with Crippen LogP contribution >= 0.6 is 0 Å². The minimum absolute atomic E-state index is 0.336. The first kappa shape index (κ1) is 23.1. The lowest BCUT2D eigenvalue weighted by atomic mass is 10.3. The third-order valence-corrected chi connectivity index (χ3v) is 8.43. The second-order valence-electron chi connectivity index (χ2n) is 5.70. The summed E-state index contributed by atoms with van der Waals surface area (Å²) in [6.45, 7) is 0. The van der Waals surface area contributed by atoms with Gasteiger partial charge in [0, 0.05) is 17.0 Å². The summed E-state index contributed by atoms with van der Waals surface area (Å²) in [7, 11) is -14.2. The van der Waals surface area contributed by atoms with Crippen molar-refractivity contribution in [3.05, 3.63) is 24.3 Å². The monoisotopic (exact) mass is 475 g/mol. The fraction of sp³-hybridized carbons (Fsp3) is 0.538. The molecule has 28 heavy (non-hydrogen) atoms. The van der Waals surface area contributed by atoms with Gasteiger partial charge in [0.15, 0.2) is 4.90 Å². The number of hydrogen-bond donors (Lipinski definition) is 1. The van der Waals surface area contributed by atoms with Crippen molar-refractivity contribution >= 4 is 31.1 Å². The summed E-state index contributed by atoms with van der Waals surface area (Å²) in [6.07, 6.45) is 1.75. The quantitative estimate of drug-likeness (QED) is 0.282. The highest BCUT2D eigenvalue weighted by Gasteiger charge is 2.83. The van der Waals surface area contributed by atoms with Crippen LogP contribution in [0.4, 0.5) is 26.3 Å². The minimum atomic E-state index is -7.08. The molecule has 1 aliphatic heterocycles. The Morgan fingerprint density at radius 2 is 1.46 bits per heavy atom. The molecule has 0 radical (unpaired) electrons. The molecule has 0 aromatic heterocycles. The number of benzene rings is 1. The molecule has 1 aliphatic rings. The topological polar surface area (TPSA) is 97.7 Å². The van der Waals surface area contributed by atoms with Crippen molar-refractivity contribution in [1.82, 2.24) is 0 Å². The van der Waals surface area contributed by atoms with Crippen molar-refractivity contribution in [2.45, 2.75) is 34.2 Å². The fourth-order valence-corrected chi connectivity index (χ4v) is 6.02. The largest absolute Gasteiger partial charge is 0.450 e. The average Bonchev–Trinajstić information content (AvgIpc) is 3.07. The van der Waals surface area contributed by atoms with Gasteiger partial charge in [-0.3, -0.25) is 4.55 Å². The van der Waals surface area contributed by atoms with E-state index in [-0.39, 0.29) is 10.9 Å². The molecule has 0 amide bonds. The molecule has 160 valence electrons. The molecule has 15 heteroatoms. The zero-order valence-corrected chi connectivity index (χ0v) is 16.1. The van der Waals surface area contributed by atoms with Gasteiger partial charge in [-0.05, 0) is 25.0 Å². The zero-order chi connectivity index (χ0) is 21.6. The van der Waals surface area contributed by atoms with Crippen LogP contribution in [0.2, 0.25) is 0 Å². The average molecular weight is 475 g/mol. The highest BCUT2D eigenvalue weighted by Crippen LogP contribution is 2.51. The molecular formula is C13H13F6O6S3+. The van der Waals surface area contributed by atoms with E-state index in [0.717, 1.165) is 36.5 Å². The van der Waals surface area contributed by atoms with E-state index in [1.807, 2.05) is 0 Å². The summed E-state index contributed by atoms with van der Waals surface area (Å²) < 4.78 is 137. The van der Waals surface area contributed by atoms with Gasteiger partial charge in [0.25, 0.3) is 0 Å². The Balaban J connectivity index is 2.39. The van der Waals surface area contributed by atoms with E-state index in [9.17, 15) is 43.2 Å². The van der Waals surface area contributed by atoms with Crippen molar-refractivity contribution in [2.24, 2.45) is 0 Å². The lowest BCUT2D eigenvalue weighted by Gasteiger charge is -2.29. The van der Waals surface area contributed by atoms with Gasteiger partial charge in [-0.15, -0.1) is 0 Å². The highest BCUT2D eigenvalue weighted by molar-refractivity contribution is 7.97. The molecule has 1 N–H and O–H groups in total. The van der Waals surface area contributed by atoms with E-state index < -0.39 is 42.4 Å². The van der Waals surface area contributed by atoms with Crippen LogP contribution in [-0.2, 0) is 31.1 Å². The molecule has 1 aromatic carbocycles. The molecule has 0 unspecified atom stereocenters. The first-order chi connectivity index (χ1) is 12.5. The van der Waals surface area contributed by atoms with Crippen LogP contribution < -0.4 is 4.18 Å². The van der Waals surface area contributed by atoms with Gasteiger partial charge in [-0.1, -0.05) is 6.07 Å². The van der Waals surface area contributed by atoms with E-state index in [1.54, 1.807) is 0 Å². The summed E-state index contributed by atoms with van der Waals surface area (Å²) in [6, 6.07) is 4.57. The van der Waals surface area contributed by atoms with Gasteiger partial charge in [-0.25, -0.2) is 0 Å². The van der Waals surface area contributed by atoms with Gasteiger partial charge in [-0.2, -0.15) is 43.2 Å².